The molecule has 40 valence electrons. The van der Waals surface area contributed by atoms with Gasteiger partial charge in [-0.1, -0.05) is 0 Å². The van der Waals surface area contributed by atoms with Gasteiger partial charge in [-0.15, -0.1) is 0 Å². The second-order valence-electron chi connectivity index (χ2n) is 0.799. The third-order valence-corrected chi connectivity index (χ3v) is 2.85. The summed E-state index contributed by atoms with van der Waals surface area (Å²) < 4.78 is 0. The first-order valence-electron chi connectivity index (χ1n) is 1.65. The van der Waals surface area contributed by atoms with E-state index in [0.29, 0.717) is 17.8 Å². The van der Waals surface area contributed by atoms with Crippen molar-refractivity contribution < 1.29 is 0 Å². The van der Waals surface area contributed by atoms with Crippen LogP contribution in [0.4, 0.5) is 0 Å². The minimum Gasteiger partial charge on any atom is -0.252 e. The van der Waals surface area contributed by atoms with Crippen molar-refractivity contribution in [1.29, 1.82) is 0 Å². The Bertz CT molecular complexity index is 61.3. The Morgan fingerprint density at radius 1 is 1.43 bits per heavy atom. The third-order valence-electron chi connectivity index (χ3n) is 0.387. The van der Waals surface area contributed by atoms with Crippen molar-refractivity contribution in [2.75, 3.05) is 0 Å². The second-order valence-corrected chi connectivity index (χ2v) is 3.82. The lowest BCUT2D eigenvalue weighted by Gasteiger charge is -1.91. The van der Waals surface area contributed by atoms with Crippen molar-refractivity contribution >= 4 is 26.3 Å². The van der Waals surface area contributed by atoms with Gasteiger partial charge in [-0.05, 0) is 0 Å². The Kier molecular flexibility index (Phi) is 3.24. The molecular formula is H5N4P3. The molecule has 2 atom stereocenters. The van der Waals surface area contributed by atoms with Crippen LogP contribution in [0.15, 0.2) is 4.85 Å². The summed E-state index contributed by atoms with van der Waals surface area (Å²) in [5.41, 5.74) is 0. The first-order chi connectivity index (χ1) is 3.50. The molecule has 1 aliphatic heterocycles. The standard InChI is InChI=1S/H5N4P3/c1-2-6-4-7-3-5-1/h1,3,5,7H,(H,2,4). The SMILES string of the molecule is N1=PNPNPN1. The molecule has 0 aromatic carbocycles. The highest BCUT2D eigenvalue weighted by molar-refractivity contribution is 7.55. The Morgan fingerprint density at radius 3 is 3.43 bits per heavy atom. The molecule has 2 unspecified atom stereocenters. The predicted molar refractivity (Wildman–Crippen MR) is 35.4 cm³/mol. The molecular weight excluding hydrogens is 149 g/mol. The fourth-order valence-electron chi connectivity index (χ4n) is 0.187. The van der Waals surface area contributed by atoms with E-state index in [9.17, 15) is 0 Å². The minimum atomic E-state index is 0.571. The van der Waals surface area contributed by atoms with Gasteiger partial charge in [0.05, 0.1) is 0 Å². The topological polar surface area (TPSA) is 48.5 Å². The predicted octanol–water partition coefficient (Wildman–Crippen LogP) is 0.746. The fourth-order valence-corrected chi connectivity index (χ4v) is 2.19. The summed E-state index contributed by atoms with van der Waals surface area (Å²) in [6.07, 6.45) is 0. The molecule has 0 fully saturated rings. The van der Waals surface area contributed by atoms with E-state index in [1.54, 1.807) is 0 Å². The summed E-state index contributed by atoms with van der Waals surface area (Å²) in [5.74, 6) is 0. The molecule has 1 heterocycles. The van der Waals surface area contributed by atoms with Gasteiger partial charge >= 0.3 is 0 Å². The summed E-state index contributed by atoms with van der Waals surface area (Å²) in [6, 6.07) is 0. The monoisotopic (exact) mass is 154 g/mol. The van der Waals surface area contributed by atoms with E-state index >= 15 is 0 Å². The molecule has 0 aromatic rings. The average Bonchev–Trinajstić information content (AvgIpc) is 1.90. The lowest BCUT2D eigenvalue weighted by molar-refractivity contribution is 1.13. The van der Waals surface area contributed by atoms with Gasteiger partial charge in [0, 0.05) is 17.8 Å². The van der Waals surface area contributed by atoms with Gasteiger partial charge in [-0.2, -0.15) is 10.1 Å². The minimum absolute atomic E-state index is 0.571. The molecule has 3 N–H and O–H groups in total. The zero-order valence-corrected chi connectivity index (χ0v) is 6.29. The van der Waals surface area contributed by atoms with E-state index in [0.717, 1.165) is 8.52 Å². The van der Waals surface area contributed by atoms with Crippen LogP contribution in [-0.4, -0.2) is 0 Å². The Hall–Kier alpha value is 0.840. The molecule has 7 heavy (non-hydrogen) atoms. The normalized spacial score (nSPS) is 30.9. The van der Waals surface area contributed by atoms with E-state index in [2.05, 4.69) is 19.8 Å². The van der Waals surface area contributed by atoms with Crippen LogP contribution in [0.5, 0.6) is 0 Å². The maximum absolute atomic E-state index is 3.84. The molecule has 0 saturated heterocycles. The third kappa shape index (κ3) is 2.61. The second kappa shape index (κ2) is 3.80. The van der Waals surface area contributed by atoms with Crippen LogP contribution in [0.2, 0.25) is 0 Å². The quantitative estimate of drug-likeness (QED) is 0.451. The van der Waals surface area contributed by atoms with Crippen LogP contribution in [0, 0.1) is 0 Å². The molecule has 0 bridgehead atoms. The van der Waals surface area contributed by atoms with Crippen molar-refractivity contribution in [3.05, 3.63) is 0 Å². The molecule has 7 heteroatoms. The van der Waals surface area contributed by atoms with E-state index in [-0.39, 0.29) is 0 Å². The van der Waals surface area contributed by atoms with Crippen molar-refractivity contribution in [2.24, 2.45) is 4.85 Å². The number of hydrogen-bond donors (Lipinski definition) is 3. The van der Waals surface area contributed by atoms with Gasteiger partial charge in [0.1, 0.15) is 8.52 Å². The number of nitrogens with one attached hydrogen (secondary N) is 3. The Labute approximate surface area is 46.9 Å². The van der Waals surface area contributed by atoms with Crippen LogP contribution in [-0.2, 0) is 0 Å². The molecule has 0 aliphatic carbocycles. The van der Waals surface area contributed by atoms with Crippen molar-refractivity contribution in [1.82, 2.24) is 14.9 Å². The first-order valence-corrected chi connectivity index (χ1v) is 4.49. The van der Waals surface area contributed by atoms with E-state index in [1.807, 2.05) is 0 Å². The molecule has 0 amide bonds. The number of hydrogen-bond acceptors (Lipinski definition) is 4. The molecule has 1 rings (SSSR count). The van der Waals surface area contributed by atoms with Crippen LogP contribution in [0.3, 0.4) is 0 Å². The van der Waals surface area contributed by atoms with Crippen LogP contribution in [0.25, 0.3) is 0 Å². The molecule has 0 saturated carbocycles. The Morgan fingerprint density at radius 2 is 2.43 bits per heavy atom. The highest BCUT2D eigenvalue weighted by Crippen LogP contribution is 2.15. The smallest absolute Gasteiger partial charge is 0.117 e. The molecule has 4 nitrogen and oxygen atoms in total. The molecule has 1 aliphatic rings. The summed E-state index contributed by atoms with van der Waals surface area (Å²) in [7, 11) is 2.14. The maximum Gasteiger partial charge on any atom is 0.117 e. The van der Waals surface area contributed by atoms with Crippen LogP contribution < -0.4 is 14.9 Å². The van der Waals surface area contributed by atoms with Crippen molar-refractivity contribution in [3.8, 4) is 0 Å². The van der Waals surface area contributed by atoms with E-state index in [1.165, 1.54) is 0 Å². The summed E-state index contributed by atoms with van der Waals surface area (Å²) in [5, 5.41) is 2.82. The van der Waals surface area contributed by atoms with Gasteiger partial charge in [0.15, 0.2) is 0 Å². The van der Waals surface area contributed by atoms with E-state index in [4.69, 9.17) is 0 Å². The van der Waals surface area contributed by atoms with Gasteiger partial charge < -0.3 is 0 Å². The molecule has 0 spiro atoms. The van der Waals surface area contributed by atoms with Gasteiger partial charge in [0.25, 0.3) is 0 Å². The Balaban J connectivity index is 2.20. The first kappa shape index (κ1) is 5.97. The molecule has 0 radical (unpaired) electrons. The summed E-state index contributed by atoms with van der Waals surface area (Å²) >= 11 is 0. The van der Waals surface area contributed by atoms with Gasteiger partial charge in [0.2, 0.25) is 0 Å². The highest BCUT2D eigenvalue weighted by Gasteiger charge is 1.85. The number of rotatable bonds is 0. The van der Waals surface area contributed by atoms with E-state index < -0.39 is 0 Å². The largest absolute Gasteiger partial charge is 0.252 e. The zero-order chi connectivity index (χ0) is 4.95. The summed E-state index contributed by atoms with van der Waals surface area (Å²) in [4.78, 5) is 9.93. The van der Waals surface area contributed by atoms with Crippen molar-refractivity contribution in [2.45, 2.75) is 0 Å². The average molecular weight is 154 g/mol. The lowest BCUT2D eigenvalue weighted by Crippen LogP contribution is -1.92. The zero-order valence-electron chi connectivity index (χ0n) is 3.39. The highest BCUT2D eigenvalue weighted by atomic mass is 31.2. The van der Waals surface area contributed by atoms with Crippen LogP contribution >= 0.6 is 26.3 Å². The van der Waals surface area contributed by atoms with Crippen molar-refractivity contribution in [3.63, 3.8) is 0 Å². The molecule has 0 aromatic heterocycles. The summed E-state index contributed by atoms with van der Waals surface area (Å²) in [6.45, 7) is 0. The van der Waals surface area contributed by atoms with Crippen LogP contribution in [0.1, 0.15) is 0 Å². The lowest BCUT2D eigenvalue weighted by atomic mass is 13.0. The van der Waals surface area contributed by atoms with Gasteiger partial charge in [-0.25, -0.2) is 4.86 Å². The fraction of sp³-hybridized carbons (Fsp3) is 0. The maximum atomic E-state index is 3.84. The number of nitrogens with zero attached hydrogens (tertiary/aromatic N) is 1. The van der Waals surface area contributed by atoms with Gasteiger partial charge in [-0.3, -0.25) is 4.86 Å².